The summed E-state index contributed by atoms with van der Waals surface area (Å²) in [5, 5.41) is 17.2. The van der Waals surface area contributed by atoms with Gasteiger partial charge in [-0.2, -0.15) is 5.21 Å². The standard InChI is InChI=1S/C28H22N8O3/c1-17-5-8-23-25(37)24(28(38)31-21-9-10-39-16-21)15-36(27(23)30-17)22-4-2-3-18(12-22)6-7-19-11-20(14-29-13-19)26-32-34-35-33-26/h2-5,8,11-15,21H,9-10,16H2,1H3,(H,31,38)(H,32,33,34,35). The van der Waals surface area contributed by atoms with E-state index in [0.717, 1.165) is 11.3 Å². The largest absolute Gasteiger partial charge is 0.379 e. The summed E-state index contributed by atoms with van der Waals surface area (Å²) in [6.07, 6.45) is 5.55. The summed E-state index contributed by atoms with van der Waals surface area (Å²) in [5.41, 5.74) is 3.71. The number of aromatic amines is 1. The Labute approximate surface area is 222 Å². The number of fused-ring (bicyclic) bond motifs is 1. The van der Waals surface area contributed by atoms with E-state index in [2.05, 4.69) is 47.7 Å². The fourth-order valence-corrected chi connectivity index (χ4v) is 4.36. The number of aryl methyl sites for hydroxylation is 1. The van der Waals surface area contributed by atoms with Gasteiger partial charge < -0.3 is 14.6 Å². The fraction of sp³-hybridized carbons (Fsp3) is 0.179. The fourth-order valence-electron chi connectivity index (χ4n) is 4.36. The Balaban J connectivity index is 1.39. The van der Waals surface area contributed by atoms with E-state index in [9.17, 15) is 9.59 Å². The second kappa shape index (κ2) is 10.3. The van der Waals surface area contributed by atoms with Crippen molar-refractivity contribution < 1.29 is 9.53 Å². The lowest BCUT2D eigenvalue weighted by Gasteiger charge is -2.15. The van der Waals surface area contributed by atoms with Crippen LogP contribution in [0.25, 0.3) is 28.1 Å². The molecule has 0 radical (unpaired) electrons. The van der Waals surface area contributed by atoms with Gasteiger partial charge in [0.15, 0.2) is 0 Å². The van der Waals surface area contributed by atoms with Crippen LogP contribution in [0.3, 0.4) is 0 Å². The number of H-pyrrole nitrogens is 1. The van der Waals surface area contributed by atoms with Gasteiger partial charge in [0.05, 0.1) is 18.0 Å². The molecule has 0 saturated carbocycles. The van der Waals surface area contributed by atoms with Gasteiger partial charge in [0.1, 0.15) is 11.2 Å². The van der Waals surface area contributed by atoms with Crippen molar-refractivity contribution in [2.24, 2.45) is 0 Å². The van der Waals surface area contributed by atoms with Gasteiger partial charge in [-0.25, -0.2) is 4.98 Å². The molecule has 1 aliphatic rings. The number of pyridine rings is 3. The van der Waals surface area contributed by atoms with E-state index in [1.165, 1.54) is 0 Å². The van der Waals surface area contributed by atoms with Crippen LogP contribution in [-0.2, 0) is 4.74 Å². The first-order valence-corrected chi connectivity index (χ1v) is 12.3. The Hall–Kier alpha value is -5.21. The van der Waals surface area contributed by atoms with Crippen LogP contribution < -0.4 is 10.7 Å². The molecule has 39 heavy (non-hydrogen) atoms. The zero-order valence-corrected chi connectivity index (χ0v) is 20.9. The Kier molecular flexibility index (Phi) is 6.36. The maximum absolute atomic E-state index is 13.3. The molecule has 4 aromatic heterocycles. The number of amides is 1. The van der Waals surface area contributed by atoms with E-state index in [0.29, 0.717) is 53.3 Å². The Morgan fingerprint density at radius 3 is 2.87 bits per heavy atom. The van der Waals surface area contributed by atoms with Gasteiger partial charge in [0, 0.05) is 53.3 Å². The molecule has 2 N–H and O–H groups in total. The average molecular weight is 519 g/mol. The van der Waals surface area contributed by atoms with Crippen molar-refractivity contribution in [3.05, 3.63) is 93.7 Å². The highest BCUT2D eigenvalue weighted by molar-refractivity contribution is 5.97. The van der Waals surface area contributed by atoms with E-state index in [4.69, 9.17) is 4.74 Å². The minimum absolute atomic E-state index is 0.0425. The molecule has 0 spiro atoms. The lowest BCUT2D eigenvalue weighted by Crippen LogP contribution is -2.38. The van der Waals surface area contributed by atoms with Gasteiger partial charge in [0.2, 0.25) is 11.3 Å². The highest BCUT2D eigenvalue weighted by Crippen LogP contribution is 2.19. The number of ether oxygens (including phenoxy) is 1. The summed E-state index contributed by atoms with van der Waals surface area (Å²) < 4.78 is 7.12. The molecular formula is C28H22N8O3. The van der Waals surface area contributed by atoms with Gasteiger partial charge in [-0.1, -0.05) is 17.9 Å². The van der Waals surface area contributed by atoms with Crippen LogP contribution in [-0.4, -0.2) is 60.3 Å². The highest BCUT2D eigenvalue weighted by atomic mass is 16.5. The number of rotatable bonds is 4. The first-order chi connectivity index (χ1) is 19.0. The smallest absolute Gasteiger partial charge is 0.257 e. The molecule has 192 valence electrons. The minimum atomic E-state index is -0.434. The second-order valence-corrected chi connectivity index (χ2v) is 9.10. The molecule has 1 amide bonds. The van der Waals surface area contributed by atoms with Crippen LogP contribution in [0.5, 0.6) is 0 Å². The quantitative estimate of drug-likeness (QED) is 0.345. The maximum atomic E-state index is 13.3. The molecule has 5 heterocycles. The van der Waals surface area contributed by atoms with Gasteiger partial charge >= 0.3 is 0 Å². The van der Waals surface area contributed by atoms with Crippen molar-refractivity contribution in [3.8, 4) is 28.9 Å². The molecule has 5 aromatic rings. The Morgan fingerprint density at radius 1 is 1.15 bits per heavy atom. The minimum Gasteiger partial charge on any atom is -0.379 e. The van der Waals surface area contributed by atoms with E-state index < -0.39 is 5.91 Å². The predicted octanol–water partition coefficient (Wildman–Crippen LogP) is 2.19. The maximum Gasteiger partial charge on any atom is 0.257 e. The molecule has 1 unspecified atom stereocenters. The number of hydrogen-bond donors (Lipinski definition) is 2. The molecule has 1 aromatic carbocycles. The molecule has 1 atom stereocenters. The van der Waals surface area contributed by atoms with Crippen LogP contribution in [0.15, 0.2) is 65.8 Å². The summed E-state index contributed by atoms with van der Waals surface area (Å²) in [6.45, 7) is 2.87. The van der Waals surface area contributed by atoms with E-state index >= 15 is 0 Å². The third kappa shape index (κ3) is 5.01. The van der Waals surface area contributed by atoms with Crippen molar-refractivity contribution in [1.29, 1.82) is 0 Å². The SMILES string of the molecule is Cc1ccc2c(=O)c(C(=O)NC3CCOC3)cn(-c3cccc(C#Cc4cncc(-c5nn[nH]n5)c4)c3)c2n1. The monoisotopic (exact) mass is 518 g/mol. The normalized spacial score (nSPS) is 14.6. The number of benzene rings is 1. The molecule has 1 saturated heterocycles. The van der Waals surface area contributed by atoms with Gasteiger partial charge in [-0.05, 0) is 55.0 Å². The van der Waals surface area contributed by atoms with Crippen molar-refractivity contribution >= 4 is 16.9 Å². The summed E-state index contributed by atoms with van der Waals surface area (Å²) >= 11 is 0. The average Bonchev–Trinajstić information content (AvgIpc) is 3.67. The lowest BCUT2D eigenvalue weighted by atomic mass is 10.1. The number of aromatic nitrogens is 7. The molecular weight excluding hydrogens is 496 g/mol. The van der Waals surface area contributed by atoms with E-state index in [1.54, 1.807) is 35.3 Å². The summed E-state index contributed by atoms with van der Waals surface area (Å²) in [6, 6.07) is 12.7. The van der Waals surface area contributed by atoms with Crippen molar-refractivity contribution in [3.63, 3.8) is 0 Å². The third-order valence-electron chi connectivity index (χ3n) is 6.32. The first-order valence-electron chi connectivity index (χ1n) is 12.3. The van der Waals surface area contributed by atoms with Gasteiger partial charge in [-0.3, -0.25) is 14.6 Å². The number of tetrazole rings is 1. The zero-order chi connectivity index (χ0) is 26.8. The van der Waals surface area contributed by atoms with Gasteiger partial charge in [-0.15, -0.1) is 10.2 Å². The van der Waals surface area contributed by atoms with Crippen LogP contribution in [0.1, 0.15) is 33.6 Å². The van der Waals surface area contributed by atoms with E-state index in [-0.39, 0.29) is 17.0 Å². The number of nitrogens with zero attached hydrogens (tertiary/aromatic N) is 6. The summed E-state index contributed by atoms with van der Waals surface area (Å²) in [5.74, 6) is 6.27. The van der Waals surface area contributed by atoms with Crippen LogP contribution >= 0.6 is 0 Å². The third-order valence-corrected chi connectivity index (χ3v) is 6.32. The Morgan fingerprint density at radius 2 is 2.05 bits per heavy atom. The van der Waals surface area contributed by atoms with Crippen molar-refractivity contribution in [2.45, 2.75) is 19.4 Å². The predicted molar refractivity (Wildman–Crippen MR) is 142 cm³/mol. The molecule has 11 nitrogen and oxygen atoms in total. The van der Waals surface area contributed by atoms with Crippen molar-refractivity contribution in [1.82, 2.24) is 40.5 Å². The Bertz CT molecular complexity index is 1810. The van der Waals surface area contributed by atoms with Crippen LogP contribution in [0.4, 0.5) is 0 Å². The lowest BCUT2D eigenvalue weighted by molar-refractivity contribution is 0.0928. The number of carbonyl (C=O) groups is 1. The first kappa shape index (κ1) is 24.1. The number of hydrogen-bond acceptors (Lipinski definition) is 8. The highest BCUT2D eigenvalue weighted by Gasteiger charge is 2.22. The number of carbonyl (C=O) groups excluding carboxylic acids is 1. The molecule has 1 fully saturated rings. The summed E-state index contributed by atoms with van der Waals surface area (Å²) in [4.78, 5) is 35.2. The van der Waals surface area contributed by atoms with E-state index in [1.807, 2.05) is 37.3 Å². The second-order valence-electron chi connectivity index (χ2n) is 9.10. The van der Waals surface area contributed by atoms with Crippen LogP contribution in [0.2, 0.25) is 0 Å². The molecule has 0 bridgehead atoms. The molecule has 1 aliphatic heterocycles. The molecule has 11 heteroatoms. The summed E-state index contributed by atoms with van der Waals surface area (Å²) in [7, 11) is 0. The zero-order valence-electron chi connectivity index (χ0n) is 20.9. The topological polar surface area (TPSA) is 141 Å². The van der Waals surface area contributed by atoms with Gasteiger partial charge in [0.25, 0.3) is 5.91 Å². The van der Waals surface area contributed by atoms with Crippen LogP contribution in [0, 0.1) is 18.8 Å². The van der Waals surface area contributed by atoms with Crippen molar-refractivity contribution in [2.75, 3.05) is 13.2 Å². The number of nitrogens with one attached hydrogen (secondary N) is 2. The molecule has 6 rings (SSSR count). The molecule has 0 aliphatic carbocycles.